The molecule has 9 aromatic carbocycles. The monoisotopic (exact) mass is 874 g/mol. The van der Waals surface area contributed by atoms with E-state index < -0.39 is 0 Å². The van der Waals surface area contributed by atoms with Crippen LogP contribution in [0.1, 0.15) is 11.1 Å². The summed E-state index contributed by atoms with van der Waals surface area (Å²) in [6.45, 7) is 0. The van der Waals surface area contributed by atoms with Crippen molar-refractivity contribution >= 4 is 44.9 Å². The molecule has 0 bridgehead atoms. The van der Waals surface area contributed by atoms with E-state index in [1.807, 2.05) is 72.8 Å². The van der Waals surface area contributed by atoms with Gasteiger partial charge in [0.05, 0.1) is 33.8 Å². The van der Waals surface area contributed by atoms with Gasteiger partial charge in [0.25, 0.3) is 0 Å². The Morgan fingerprint density at radius 2 is 1.01 bits per heavy atom. The Bertz CT molecular complexity index is 3650. The summed E-state index contributed by atoms with van der Waals surface area (Å²) in [5.41, 5.74) is 23.1. The zero-order valence-corrected chi connectivity index (χ0v) is 37.5. The minimum absolute atomic E-state index is 0.159. The van der Waals surface area contributed by atoms with Crippen LogP contribution in [0.3, 0.4) is 0 Å². The molecule has 3 N–H and O–H groups in total. The van der Waals surface area contributed by atoms with Crippen molar-refractivity contribution in [1.82, 2.24) is 9.55 Å². The quantitative estimate of drug-likeness (QED) is 0.0861. The van der Waals surface area contributed by atoms with Crippen LogP contribution < -0.4 is 10.6 Å². The number of amidine groups is 2. The minimum atomic E-state index is 0.159. The van der Waals surface area contributed by atoms with Gasteiger partial charge in [0.1, 0.15) is 5.84 Å². The summed E-state index contributed by atoms with van der Waals surface area (Å²) in [6, 6.07) is 83.5. The molecule has 0 amide bonds. The zero-order valence-electron chi connectivity index (χ0n) is 37.5. The molecule has 6 heteroatoms. The molecule has 11 rings (SSSR count). The number of rotatable bonds is 9. The number of hydrogen-bond acceptors (Lipinski definition) is 3. The van der Waals surface area contributed by atoms with Gasteiger partial charge >= 0.3 is 0 Å². The predicted molar refractivity (Wildman–Crippen MR) is 285 cm³/mol. The second kappa shape index (κ2) is 18.0. The van der Waals surface area contributed by atoms with Crippen molar-refractivity contribution in [2.24, 2.45) is 4.99 Å². The number of pyridine rings is 1. The highest BCUT2D eigenvalue weighted by Crippen LogP contribution is 2.46. The molecule has 0 aliphatic carbocycles. The van der Waals surface area contributed by atoms with Crippen LogP contribution in [0.25, 0.3) is 83.4 Å². The Balaban J connectivity index is 1.21. The van der Waals surface area contributed by atoms with Crippen LogP contribution in [0.4, 0.5) is 11.4 Å². The number of nitrogen functional groups attached to an aromatic ring is 1. The molecular formula is C62H46N6. The predicted octanol–water partition coefficient (Wildman–Crippen LogP) is 15.0. The molecule has 0 aliphatic heterocycles. The third kappa shape index (κ3) is 7.70. The second-order valence-corrected chi connectivity index (χ2v) is 16.8. The molecule has 2 aromatic heterocycles. The smallest absolute Gasteiger partial charge is 0.154 e. The van der Waals surface area contributed by atoms with Gasteiger partial charge in [-0.25, -0.2) is 9.98 Å². The Morgan fingerprint density at radius 3 is 1.72 bits per heavy atom. The van der Waals surface area contributed by atoms with E-state index in [-0.39, 0.29) is 5.84 Å². The van der Waals surface area contributed by atoms with Gasteiger partial charge in [0.2, 0.25) is 0 Å². The zero-order chi connectivity index (χ0) is 46.0. The first-order valence-corrected chi connectivity index (χ1v) is 22.8. The van der Waals surface area contributed by atoms with Gasteiger partial charge in [-0.2, -0.15) is 0 Å². The first kappa shape index (κ1) is 41.6. The lowest BCUT2D eigenvalue weighted by atomic mass is 9.94. The van der Waals surface area contributed by atoms with Gasteiger partial charge in [-0.05, 0) is 47.0 Å². The van der Waals surface area contributed by atoms with E-state index >= 15 is 0 Å². The molecule has 68 heavy (non-hydrogen) atoms. The maximum atomic E-state index is 9.34. The Kier molecular flexibility index (Phi) is 11.0. The normalized spacial score (nSPS) is 11.5. The SMILES string of the molecule is CN(C(=NC(=N)c1ccccc1)c1ccccc1)c1c(-c2ccccc2N)ccc2c3ccccc3n(-c3ccccc3-c3cc(-c4ccccc4)nc(-c4ccccc4-c4ccccc4)c3)c12. The van der Waals surface area contributed by atoms with Crippen molar-refractivity contribution in [2.75, 3.05) is 17.7 Å². The third-order valence-corrected chi connectivity index (χ3v) is 12.6. The van der Waals surface area contributed by atoms with E-state index in [4.69, 9.17) is 15.7 Å². The van der Waals surface area contributed by atoms with Crippen LogP contribution in [-0.4, -0.2) is 28.3 Å². The van der Waals surface area contributed by atoms with E-state index in [0.717, 1.165) is 100 Å². The lowest BCUT2D eigenvalue weighted by Gasteiger charge is -2.27. The van der Waals surface area contributed by atoms with E-state index in [9.17, 15) is 5.41 Å². The maximum Gasteiger partial charge on any atom is 0.154 e. The van der Waals surface area contributed by atoms with Gasteiger partial charge in [0.15, 0.2) is 5.84 Å². The molecule has 6 nitrogen and oxygen atoms in total. The Morgan fingerprint density at radius 1 is 0.471 bits per heavy atom. The molecule has 0 unspecified atom stereocenters. The molecule has 11 aromatic rings. The number of benzene rings is 9. The maximum absolute atomic E-state index is 9.34. The highest BCUT2D eigenvalue weighted by atomic mass is 15.2. The second-order valence-electron chi connectivity index (χ2n) is 16.8. The lowest BCUT2D eigenvalue weighted by Crippen LogP contribution is -2.29. The molecule has 0 fully saturated rings. The summed E-state index contributed by atoms with van der Waals surface area (Å²) in [5.74, 6) is 0.780. The number of hydrogen-bond donors (Lipinski definition) is 2. The highest BCUT2D eigenvalue weighted by molar-refractivity contribution is 6.23. The summed E-state index contributed by atoms with van der Waals surface area (Å²) >= 11 is 0. The average molecular weight is 875 g/mol. The number of aliphatic imine (C=N–C) groups is 1. The molecule has 0 spiro atoms. The van der Waals surface area contributed by atoms with Gasteiger partial charge in [0, 0.05) is 62.5 Å². The van der Waals surface area contributed by atoms with Crippen LogP contribution in [0.5, 0.6) is 0 Å². The molecular weight excluding hydrogens is 829 g/mol. The summed E-state index contributed by atoms with van der Waals surface area (Å²) < 4.78 is 2.40. The van der Waals surface area contributed by atoms with Gasteiger partial charge in [-0.15, -0.1) is 0 Å². The lowest BCUT2D eigenvalue weighted by molar-refractivity contribution is 1.16. The number of nitrogens with two attached hydrogens (primary N) is 1. The van der Waals surface area contributed by atoms with Crippen LogP contribution >= 0.6 is 0 Å². The molecule has 0 radical (unpaired) electrons. The number of nitrogens with one attached hydrogen (secondary N) is 1. The Labute approximate surface area is 396 Å². The number of aromatic nitrogens is 2. The van der Waals surface area contributed by atoms with Crippen LogP contribution in [0.2, 0.25) is 0 Å². The van der Waals surface area contributed by atoms with Crippen molar-refractivity contribution < 1.29 is 0 Å². The number of para-hydroxylation sites is 3. The largest absolute Gasteiger partial charge is 0.398 e. The third-order valence-electron chi connectivity index (χ3n) is 12.6. The number of nitrogens with zero attached hydrogens (tertiary/aromatic N) is 4. The summed E-state index contributed by atoms with van der Waals surface area (Å²) in [4.78, 5) is 12.7. The molecule has 0 aliphatic rings. The standard InChI is InChI=1S/C62H46N6/c1-67(62(45-28-12-5-13-29-45)66-61(64)44-26-10-4-11-27-44)59-52(49-32-16-19-35-54(49)63)38-39-53-51-34-18-21-37-58(51)68(60(53)59)57-36-20-17-31-48(57)46-40-55(43-24-8-3-9-25-43)65-56(41-46)50-33-15-14-30-47(50)42-22-6-2-7-23-42/h2-41,64H,63H2,1H3. The average Bonchev–Trinajstić information content (AvgIpc) is 3.75. The van der Waals surface area contributed by atoms with Gasteiger partial charge < -0.3 is 15.2 Å². The van der Waals surface area contributed by atoms with E-state index in [0.29, 0.717) is 11.5 Å². The van der Waals surface area contributed by atoms with Gasteiger partial charge in [-0.3, -0.25) is 5.41 Å². The highest BCUT2D eigenvalue weighted by Gasteiger charge is 2.27. The molecule has 324 valence electrons. The van der Waals surface area contributed by atoms with Crippen molar-refractivity contribution in [3.8, 4) is 61.6 Å². The first-order chi connectivity index (χ1) is 33.5. The minimum Gasteiger partial charge on any atom is -0.398 e. The van der Waals surface area contributed by atoms with Gasteiger partial charge in [-0.1, -0.05) is 212 Å². The Hall–Kier alpha value is -9.13. The summed E-state index contributed by atoms with van der Waals surface area (Å²) in [5, 5.41) is 11.5. The topological polar surface area (TPSA) is 83.3 Å². The first-order valence-electron chi connectivity index (χ1n) is 22.8. The summed E-state index contributed by atoms with van der Waals surface area (Å²) in [6.07, 6.45) is 0. The fraction of sp³-hybridized carbons (Fsp3) is 0.0161. The van der Waals surface area contributed by atoms with Crippen LogP contribution in [0, 0.1) is 5.41 Å². The van der Waals surface area contributed by atoms with Crippen molar-refractivity contribution in [3.05, 3.63) is 254 Å². The molecule has 2 heterocycles. The number of fused-ring (bicyclic) bond motifs is 3. The molecule has 0 saturated heterocycles. The number of anilines is 2. The van der Waals surface area contributed by atoms with E-state index in [1.165, 1.54) is 0 Å². The van der Waals surface area contributed by atoms with E-state index in [1.54, 1.807) is 0 Å². The van der Waals surface area contributed by atoms with E-state index in [2.05, 4.69) is 186 Å². The fourth-order valence-corrected chi connectivity index (χ4v) is 9.45. The van der Waals surface area contributed by atoms with Crippen molar-refractivity contribution in [2.45, 2.75) is 0 Å². The van der Waals surface area contributed by atoms with Crippen molar-refractivity contribution in [1.29, 1.82) is 5.41 Å². The fourth-order valence-electron chi connectivity index (χ4n) is 9.45. The van der Waals surface area contributed by atoms with Crippen LogP contribution in [0.15, 0.2) is 248 Å². The van der Waals surface area contributed by atoms with Crippen LogP contribution in [-0.2, 0) is 0 Å². The summed E-state index contributed by atoms with van der Waals surface area (Å²) in [7, 11) is 2.06. The van der Waals surface area contributed by atoms with Crippen molar-refractivity contribution in [3.63, 3.8) is 0 Å². The molecule has 0 atom stereocenters. The molecule has 0 saturated carbocycles.